The van der Waals surface area contributed by atoms with Gasteiger partial charge in [-0.1, -0.05) is 75.4 Å². The Balaban J connectivity index is 1.20. The Morgan fingerprint density at radius 3 is 2.10 bits per heavy atom. The summed E-state index contributed by atoms with van der Waals surface area (Å²) in [5.74, 6) is -0.252. The molecule has 4 heterocycles. The van der Waals surface area contributed by atoms with Crippen LogP contribution in [0.4, 0.5) is 17.1 Å². The normalized spacial score (nSPS) is 22.9. The van der Waals surface area contributed by atoms with E-state index in [0.29, 0.717) is 43.7 Å². The van der Waals surface area contributed by atoms with Gasteiger partial charge < -0.3 is 34.2 Å². The van der Waals surface area contributed by atoms with Crippen LogP contribution in [0.25, 0.3) is 0 Å². The number of methoxy groups -OCH3 is 1. The van der Waals surface area contributed by atoms with Gasteiger partial charge in [-0.15, -0.1) is 0 Å². The number of aliphatic hydroxyl groups is 1. The van der Waals surface area contributed by atoms with Gasteiger partial charge >= 0.3 is 0 Å². The second-order valence-electron chi connectivity index (χ2n) is 17.6. The number of carbonyl (C=O) groups is 4. The molecule has 4 amide bonds. The number of benzene rings is 4. The van der Waals surface area contributed by atoms with Crippen molar-refractivity contribution in [2.24, 2.45) is 11.8 Å². The zero-order valence-corrected chi connectivity index (χ0v) is 35.8. The molecule has 8 rings (SSSR count). The van der Waals surface area contributed by atoms with E-state index in [-0.39, 0.29) is 55.7 Å². The molecule has 61 heavy (non-hydrogen) atoms. The predicted octanol–water partition coefficient (Wildman–Crippen LogP) is 7.51. The molecule has 4 aliphatic rings. The fourth-order valence-corrected chi connectivity index (χ4v) is 10.5. The maximum atomic E-state index is 15.6. The number of carbonyl (C=O) groups excluding carboxylic acids is 4. The summed E-state index contributed by atoms with van der Waals surface area (Å²) in [6, 6.07) is 31.4. The predicted molar refractivity (Wildman–Crippen MR) is 235 cm³/mol. The molecule has 0 bridgehead atoms. The summed E-state index contributed by atoms with van der Waals surface area (Å²) < 4.78 is 12.9. The number of fused-ring (bicyclic) bond motifs is 2. The van der Waals surface area contributed by atoms with Crippen molar-refractivity contribution in [1.29, 1.82) is 0 Å². The highest BCUT2D eigenvalue weighted by molar-refractivity contribution is 6.08. The third kappa shape index (κ3) is 7.94. The summed E-state index contributed by atoms with van der Waals surface area (Å²) >= 11 is 0. The lowest BCUT2D eigenvalue weighted by Gasteiger charge is -2.39. The van der Waals surface area contributed by atoms with Gasteiger partial charge in [0, 0.05) is 67.8 Å². The minimum absolute atomic E-state index is 0.00717. The molecule has 0 aromatic heterocycles. The van der Waals surface area contributed by atoms with E-state index in [9.17, 15) is 19.5 Å². The first-order chi connectivity index (χ1) is 29.5. The number of amides is 4. The van der Waals surface area contributed by atoms with E-state index in [0.717, 1.165) is 59.5 Å². The first-order valence-corrected chi connectivity index (χ1v) is 21.9. The third-order valence-corrected chi connectivity index (χ3v) is 13.7. The zero-order valence-electron chi connectivity index (χ0n) is 35.8. The number of piperidine rings is 2. The average Bonchev–Trinajstić information content (AvgIpc) is 3.69. The molecule has 11 nitrogen and oxygen atoms in total. The summed E-state index contributed by atoms with van der Waals surface area (Å²) in [5, 5.41) is 10.1. The molecule has 0 aliphatic carbocycles. The van der Waals surface area contributed by atoms with Gasteiger partial charge in [-0.2, -0.15) is 0 Å². The van der Waals surface area contributed by atoms with Crippen molar-refractivity contribution in [3.63, 3.8) is 0 Å². The quantitative estimate of drug-likeness (QED) is 0.148. The molecule has 4 aliphatic heterocycles. The monoisotopic (exact) mass is 826 g/mol. The van der Waals surface area contributed by atoms with E-state index >= 15 is 4.79 Å². The highest BCUT2D eigenvalue weighted by atomic mass is 16.5. The van der Waals surface area contributed by atoms with Gasteiger partial charge in [-0.3, -0.25) is 19.2 Å². The lowest BCUT2D eigenvalue weighted by atomic mass is 9.63. The molecule has 0 radical (unpaired) electrons. The van der Waals surface area contributed by atoms with E-state index < -0.39 is 23.0 Å². The van der Waals surface area contributed by atoms with Gasteiger partial charge in [-0.05, 0) is 90.3 Å². The molecule has 320 valence electrons. The highest BCUT2D eigenvalue weighted by Crippen LogP contribution is 2.60. The van der Waals surface area contributed by atoms with E-state index in [1.807, 2.05) is 107 Å². The first-order valence-electron chi connectivity index (χ1n) is 21.9. The van der Waals surface area contributed by atoms with Gasteiger partial charge in [0.25, 0.3) is 5.91 Å². The van der Waals surface area contributed by atoms with E-state index in [2.05, 4.69) is 20.8 Å². The Kier molecular flexibility index (Phi) is 12.1. The topological polar surface area (TPSA) is 120 Å². The molecule has 11 heteroatoms. The fourth-order valence-electron chi connectivity index (χ4n) is 10.5. The summed E-state index contributed by atoms with van der Waals surface area (Å²) in [7, 11) is 1.64. The van der Waals surface area contributed by atoms with Crippen LogP contribution in [0.5, 0.6) is 5.75 Å². The van der Waals surface area contributed by atoms with Crippen LogP contribution in [0, 0.1) is 11.8 Å². The largest absolute Gasteiger partial charge is 0.497 e. The van der Waals surface area contributed by atoms with Crippen molar-refractivity contribution >= 4 is 40.7 Å². The second kappa shape index (κ2) is 17.5. The van der Waals surface area contributed by atoms with Crippen molar-refractivity contribution in [2.45, 2.75) is 95.9 Å². The Labute approximate surface area is 359 Å². The van der Waals surface area contributed by atoms with Crippen LogP contribution in [-0.2, 0) is 48.0 Å². The van der Waals surface area contributed by atoms with Crippen LogP contribution >= 0.6 is 0 Å². The molecule has 4 atom stereocenters. The maximum Gasteiger partial charge on any atom is 0.264 e. The molecule has 3 fully saturated rings. The van der Waals surface area contributed by atoms with Crippen molar-refractivity contribution in [1.82, 2.24) is 4.90 Å². The molecule has 0 unspecified atom stereocenters. The van der Waals surface area contributed by atoms with Gasteiger partial charge in [0.15, 0.2) is 5.60 Å². The van der Waals surface area contributed by atoms with Crippen molar-refractivity contribution in [3.05, 3.63) is 119 Å². The number of hydrogen-bond acceptors (Lipinski definition) is 7. The Bertz CT molecular complexity index is 2240. The number of aliphatic hydroxyl groups excluding tert-OH is 1. The van der Waals surface area contributed by atoms with Crippen LogP contribution in [0.3, 0.4) is 0 Å². The number of hydrogen-bond donors (Lipinski definition) is 1. The van der Waals surface area contributed by atoms with Gasteiger partial charge in [0.1, 0.15) is 5.75 Å². The number of anilines is 3. The second-order valence-corrected chi connectivity index (χ2v) is 17.6. The van der Waals surface area contributed by atoms with Crippen molar-refractivity contribution < 1.29 is 33.8 Å². The lowest BCUT2D eigenvalue weighted by Crippen LogP contribution is -2.46. The van der Waals surface area contributed by atoms with Gasteiger partial charge in [-0.25, -0.2) is 0 Å². The molecular weight excluding hydrogens is 769 g/mol. The number of nitrogens with zero attached hydrogens (tertiary/aromatic N) is 4. The minimum atomic E-state index is -1.48. The SMILES string of the molecule is COc1ccc(C(C)(C)[C@H]2[C@H](CC(=O)N(CCO)Cc3ccccc3)O[C@@]3(C(=O)N(Cc4ccc(N5CCCCC5=O)cc4)c4ccc(N5CCCCC5=O)cc43)[C@@H]2C)cc1. The van der Waals surface area contributed by atoms with E-state index in [1.165, 1.54) is 0 Å². The standard InChI is InChI=1S/C50H58N4O7/c1-34-47(49(2,3)37-18-23-40(60-4)24-19-37)43(31-46(58)51(28-29-55)32-35-12-6-5-7-13-35)61-50(34)41-30-39(53-27-11-9-15-45(53)57)22-25-42(41)54(48(50)59)33-36-16-20-38(21-17-36)52-26-10-8-14-44(52)56/h5-7,12-13,16-25,30,34,43,47,55H,8-11,14-15,26-29,31-33H2,1-4H3/t34-,43+,47-,50+/m1/s1. The fraction of sp³-hybridized carbons (Fsp3) is 0.440. The Morgan fingerprint density at radius 1 is 0.836 bits per heavy atom. The molecular formula is C50H58N4O7. The Hall–Kier alpha value is -5.52. The van der Waals surface area contributed by atoms with Gasteiger partial charge in [0.05, 0.1) is 38.5 Å². The first kappa shape index (κ1) is 42.2. The molecule has 0 saturated carbocycles. The Morgan fingerprint density at radius 2 is 1.48 bits per heavy atom. The summed E-state index contributed by atoms with van der Waals surface area (Å²) in [5.41, 5.74) is 3.75. The lowest BCUT2D eigenvalue weighted by molar-refractivity contribution is -0.150. The third-order valence-electron chi connectivity index (χ3n) is 13.7. The highest BCUT2D eigenvalue weighted by Gasteiger charge is 2.66. The summed E-state index contributed by atoms with van der Waals surface area (Å²) in [6.45, 7) is 8.21. The number of rotatable bonds is 13. The van der Waals surface area contributed by atoms with Crippen molar-refractivity contribution in [2.75, 3.05) is 48.1 Å². The smallest absolute Gasteiger partial charge is 0.264 e. The number of ether oxygens (including phenoxy) is 2. The van der Waals surface area contributed by atoms with Gasteiger partial charge in [0.2, 0.25) is 17.7 Å². The molecule has 4 aromatic carbocycles. The van der Waals surface area contributed by atoms with Crippen LogP contribution in [-0.4, -0.2) is 73.1 Å². The maximum absolute atomic E-state index is 15.6. The van der Waals surface area contributed by atoms with Crippen LogP contribution in [0.1, 0.15) is 88.0 Å². The van der Waals surface area contributed by atoms with Crippen molar-refractivity contribution in [3.8, 4) is 5.75 Å². The van der Waals surface area contributed by atoms with Crippen LogP contribution in [0.2, 0.25) is 0 Å². The molecule has 1 N–H and O–H groups in total. The summed E-state index contributed by atoms with van der Waals surface area (Å²) in [4.78, 5) is 63.4. The minimum Gasteiger partial charge on any atom is -0.497 e. The van der Waals surface area contributed by atoms with Crippen LogP contribution < -0.4 is 19.4 Å². The zero-order chi connectivity index (χ0) is 42.9. The summed E-state index contributed by atoms with van der Waals surface area (Å²) in [6.07, 6.45) is 3.91. The van der Waals surface area contributed by atoms with E-state index in [4.69, 9.17) is 9.47 Å². The van der Waals surface area contributed by atoms with E-state index in [1.54, 1.807) is 16.9 Å². The molecule has 1 spiro atoms. The average molecular weight is 827 g/mol. The van der Waals surface area contributed by atoms with Crippen LogP contribution in [0.15, 0.2) is 97.1 Å². The molecule has 3 saturated heterocycles. The molecule has 4 aromatic rings.